The molecule has 2 amide bonds. The van der Waals surface area contributed by atoms with Crippen LogP contribution in [0.3, 0.4) is 0 Å². The Kier molecular flexibility index (Phi) is 13.1. The quantitative estimate of drug-likeness (QED) is 0.470. The van der Waals surface area contributed by atoms with Gasteiger partial charge >= 0.3 is 12.1 Å². The van der Waals surface area contributed by atoms with Crippen LogP contribution in [-0.4, -0.2) is 98.0 Å². The van der Waals surface area contributed by atoms with Gasteiger partial charge < -0.3 is 29.7 Å². The maximum atomic E-state index is 13.0. The van der Waals surface area contributed by atoms with Gasteiger partial charge in [-0.2, -0.15) is 13.2 Å². The van der Waals surface area contributed by atoms with Gasteiger partial charge in [0.2, 0.25) is 5.91 Å². The Hall–Kier alpha value is -2.86. The molecule has 2 rings (SSSR count). The molecule has 0 radical (unpaired) electrons. The van der Waals surface area contributed by atoms with Crippen LogP contribution in [0.15, 0.2) is 24.3 Å². The third-order valence-corrected chi connectivity index (χ3v) is 4.96. The largest absolute Gasteiger partial charge is 0.497 e. The Morgan fingerprint density at radius 1 is 1.11 bits per heavy atom. The van der Waals surface area contributed by atoms with Crippen LogP contribution in [0, 0.1) is 0 Å². The molecule has 1 fully saturated rings. The monoisotopic (exact) mass is 505 g/mol. The molecule has 0 unspecified atom stereocenters. The summed E-state index contributed by atoms with van der Waals surface area (Å²) >= 11 is 0. The molecule has 0 atom stereocenters. The van der Waals surface area contributed by atoms with Crippen LogP contribution in [0.5, 0.6) is 5.75 Å². The molecule has 0 saturated carbocycles. The number of methoxy groups -OCH3 is 1. The van der Waals surface area contributed by atoms with Crippen molar-refractivity contribution in [1.29, 1.82) is 0 Å². The van der Waals surface area contributed by atoms with Crippen molar-refractivity contribution >= 4 is 17.8 Å². The average Bonchev–Trinajstić information content (AvgIpc) is 2.83. The Balaban J connectivity index is 0.000000762. The predicted octanol–water partition coefficient (Wildman–Crippen LogP) is 2.41. The van der Waals surface area contributed by atoms with Crippen molar-refractivity contribution in [2.75, 3.05) is 53.0 Å². The Morgan fingerprint density at radius 3 is 2.17 bits per heavy atom. The second-order valence-electron chi connectivity index (χ2n) is 7.98. The van der Waals surface area contributed by atoms with Gasteiger partial charge in [-0.25, -0.2) is 4.79 Å². The second kappa shape index (κ2) is 15.2. The first-order valence-electron chi connectivity index (χ1n) is 11.3. The first-order chi connectivity index (χ1) is 16.5. The van der Waals surface area contributed by atoms with E-state index in [9.17, 15) is 22.8 Å². The number of nitrogens with one attached hydrogen (secondary N) is 1. The Bertz CT molecular complexity index is 797. The van der Waals surface area contributed by atoms with Crippen molar-refractivity contribution in [3.8, 4) is 5.75 Å². The third kappa shape index (κ3) is 11.9. The number of rotatable bonds is 10. The summed E-state index contributed by atoms with van der Waals surface area (Å²) in [7, 11) is 1.60. The molecule has 9 nitrogen and oxygen atoms in total. The lowest BCUT2D eigenvalue weighted by Crippen LogP contribution is -2.47. The van der Waals surface area contributed by atoms with Crippen LogP contribution in [0.1, 0.15) is 37.0 Å². The number of hydrogen-bond donors (Lipinski definition) is 2. The van der Waals surface area contributed by atoms with E-state index in [1.165, 1.54) is 0 Å². The van der Waals surface area contributed by atoms with Gasteiger partial charge in [0.25, 0.3) is 5.91 Å². The molecular weight excluding hydrogens is 471 g/mol. The van der Waals surface area contributed by atoms with Gasteiger partial charge in [-0.05, 0) is 44.5 Å². The fourth-order valence-electron chi connectivity index (χ4n) is 3.11. The molecule has 198 valence electrons. The highest BCUT2D eigenvalue weighted by molar-refractivity contribution is 5.94. The van der Waals surface area contributed by atoms with Gasteiger partial charge in [-0.3, -0.25) is 9.59 Å². The number of amides is 2. The molecule has 35 heavy (non-hydrogen) atoms. The number of ether oxygens (including phenoxy) is 2. The fourth-order valence-corrected chi connectivity index (χ4v) is 3.11. The maximum absolute atomic E-state index is 13.0. The van der Waals surface area contributed by atoms with Crippen LogP contribution in [0.4, 0.5) is 13.2 Å². The summed E-state index contributed by atoms with van der Waals surface area (Å²) < 4.78 is 42.5. The molecule has 0 bridgehead atoms. The Morgan fingerprint density at radius 2 is 1.69 bits per heavy atom. The minimum atomic E-state index is -5.08. The minimum Gasteiger partial charge on any atom is -0.497 e. The molecule has 0 aliphatic carbocycles. The first-order valence-corrected chi connectivity index (χ1v) is 11.3. The van der Waals surface area contributed by atoms with E-state index in [1.54, 1.807) is 36.3 Å². The van der Waals surface area contributed by atoms with E-state index in [-0.39, 0.29) is 17.9 Å². The zero-order chi connectivity index (χ0) is 26.4. The van der Waals surface area contributed by atoms with E-state index in [1.807, 2.05) is 18.7 Å². The molecule has 1 heterocycles. The number of carbonyl (C=O) groups is 3. The van der Waals surface area contributed by atoms with Crippen LogP contribution in [-0.2, 0) is 14.3 Å². The van der Waals surface area contributed by atoms with Gasteiger partial charge in [0.05, 0.1) is 13.2 Å². The third-order valence-electron chi connectivity index (χ3n) is 4.96. The normalized spacial score (nSPS) is 13.6. The van der Waals surface area contributed by atoms with E-state index >= 15 is 0 Å². The lowest BCUT2D eigenvalue weighted by Gasteiger charge is -2.29. The summed E-state index contributed by atoms with van der Waals surface area (Å²) in [5.41, 5.74) is 0.597. The number of halogens is 3. The minimum absolute atomic E-state index is 0.0692. The van der Waals surface area contributed by atoms with Crippen LogP contribution in [0.2, 0.25) is 0 Å². The number of benzene rings is 1. The predicted molar refractivity (Wildman–Crippen MR) is 122 cm³/mol. The van der Waals surface area contributed by atoms with E-state index in [4.69, 9.17) is 19.4 Å². The molecular formula is C23H34F3N3O6. The van der Waals surface area contributed by atoms with Gasteiger partial charge in [0.1, 0.15) is 5.75 Å². The highest BCUT2D eigenvalue weighted by Gasteiger charge is 2.38. The summed E-state index contributed by atoms with van der Waals surface area (Å²) in [5, 5.41) is 10.4. The van der Waals surface area contributed by atoms with Gasteiger partial charge in [-0.1, -0.05) is 0 Å². The molecule has 1 aromatic carbocycles. The lowest BCUT2D eigenvalue weighted by molar-refractivity contribution is -0.192. The Labute approximate surface area is 203 Å². The molecule has 0 spiro atoms. The number of nitrogens with zero attached hydrogens (tertiary/aromatic N) is 2. The van der Waals surface area contributed by atoms with Crippen molar-refractivity contribution in [2.24, 2.45) is 0 Å². The van der Waals surface area contributed by atoms with Gasteiger partial charge in [0, 0.05) is 57.9 Å². The van der Waals surface area contributed by atoms with Crippen LogP contribution >= 0.6 is 0 Å². The van der Waals surface area contributed by atoms with E-state index in [0.717, 1.165) is 32.6 Å². The lowest BCUT2D eigenvalue weighted by atomic mass is 10.1. The van der Waals surface area contributed by atoms with Crippen molar-refractivity contribution in [2.45, 2.75) is 39.0 Å². The molecule has 2 N–H and O–H groups in total. The number of aliphatic carboxylic acids is 1. The molecule has 12 heteroatoms. The van der Waals surface area contributed by atoms with Crippen molar-refractivity contribution in [1.82, 2.24) is 15.1 Å². The molecule has 1 aromatic rings. The van der Waals surface area contributed by atoms with Gasteiger partial charge in [-0.15, -0.1) is 0 Å². The number of hydrogen-bond acceptors (Lipinski definition) is 6. The average molecular weight is 506 g/mol. The standard InChI is InChI=1S/C21H33N3O4.C2HF3O2/c1-17(2)28-16-4-12-24(13-9-20(25)23-14-10-22-11-15-23)21(26)18-5-7-19(27-3)8-6-18;3-2(4,5)1(6)7/h5-8,17,22H,4,9-16H2,1-3H3;(H,6,7). The maximum Gasteiger partial charge on any atom is 0.490 e. The van der Waals surface area contributed by atoms with E-state index in [2.05, 4.69) is 5.32 Å². The smallest absolute Gasteiger partial charge is 0.490 e. The van der Waals surface area contributed by atoms with Gasteiger partial charge in [0.15, 0.2) is 0 Å². The summed E-state index contributed by atoms with van der Waals surface area (Å²) in [6.07, 6.45) is -3.84. The summed E-state index contributed by atoms with van der Waals surface area (Å²) in [5.74, 6) is -2.01. The number of piperazine rings is 1. The second-order valence-corrected chi connectivity index (χ2v) is 7.98. The summed E-state index contributed by atoms with van der Waals surface area (Å²) in [6.45, 7) is 8.66. The molecule has 1 aliphatic rings. The number of carboxylic acids is 1. The van der Waals surface area contributed by atoms with Crippen molar-refractivity contribution < 1.29 is 42.1 Å². The SMILES string of the molecule is COc1ccc(C(=O)N(CCCOC(C)C)CCC(=O)N2CCNCC2)cc1.O=C(O)C(F)(F)F. The fraction of sp³-hybridized carbons (Fsp3) is 0.609. The molecule has 0 aromatic heterocycles. The van der Waals surface area contributed by atoms with Crippen molar-refractivity contribution in [3.63, 3.8) is 0 Å². The zero-order valence-electron chi connectivity index (χ0n) is 20.3. The highest BCUT2D eigenvalue weighted by Crippen LogP contribution is 2.14. The summed E-state index contributed by atoms with van der Waals surface area (Å²) in [4.78, 5) is 38.0. The topological polar surface area (TPSA) is 108 Å². The highest BCUT2D eigenvalue weighted by atomic mass is 19.4. The first kappa shape index (κ1) is 30.2. The molecule has 1 aliphatic heterocycles. The number of alkyl halides is 3. The van der Waals surface area contributed by atoms with E-state index in [0.29, 0.717) is 37.4 Å². The number of carboxylic acid groups (broad SMARTS) is 1. The summed E-state index contributed by atoms with van der Waals surface area (Å²) in [6, 6.07) is 7.08. The number of carbonyl (C=O) groups excluding carboxylic acids is 2. The van der Waals surface area contributed by atoms with Crippen LogP contribution in [0.25, 0.3) is 0 Å². The molecule has 1 saturated heterocycles. The van der Waals surface area contributed by atoms with Crippen molar-refractivity contribution in [3.05, 3.63) is 29.8 Å². The van der Waals surface area contributed by atoms with E-state index < -0.39 is 12.1 Å². The zero-order valence-corrected chi connectivity index (χ0v) is 20.3. The van der Waals surface area contributed by atoms with Crippen LogP contribution < -0.4 is 10.1 Å².